The van der Waals surface area contributed by atoms with Gasteiger partial charge in [-0.05, 0) is 39.2 Å². The minimum absolute atomic E-state index is 0.0472. The highest BCUT2D eigenvalue weighted by molar-refractivity contribution is 8.00. The number of nitro groups is 1. The minimum Gasteiger partial charge on any atom is -0.325 e. The predicted octanol–water partition coefficient (Wildman–Crippen LogP) is 4.68. The molecule has 29 heavy (non-hydrogen) atoms. The molecule has 0 bridgehead atoms. The number of aromatic nitrogens is 3. The van der Waals surface area contributed by atoms with Crippen molar-refractivity contribution >= 4 is 29.0 Å². The van der Waals surface area contributed by atoms with Crippen molar-refractivity contribution in [2.75, 3.05) is 5.32 Å². The molecule has 3 rings (SSSR count). The van der Waals surface area contributed by atoms with E-state index in [2.05, 4.69) is 27.0 Å². The van der Waals surface area contributed by atoms with Crippen molar-refractivity contribution in [1.82, 2.24) is 14.8 Å². The maximum Gasteiger partial charge on any atom is 0.271 e. The lowest BCUT2D eigenvalue weighted by atomic mass is 9.89. The van der Waals surface area contributed by atoms with Crippen LogP contribution in [-0.4, -0.2) is 30.8 Å². The molecule has 1 amide bonds. The number of nitrogens with one attached hydrogen (secondary N) is 1. The Balaban J connectivity index is 1.71. The summed E-state index contributed by atoms with van der Waals surface area (Å²) in [6.45, 7) is 6.44. The predicted molar refractivity (Wildman–Crippen MR) is 113 cm³/mol. The number of nitrogens with zero attached hydrogens (tertiary/aromatic N) is 4. The molecular weight excluding hydrogens is 390 g/mol. The summed E-state index contributed by atoms with van der Waals surface area (Å²) in [5.74, 6) is 1.25. The molecule has 1 aliphatic carbocycles. The molecule has 1 aliphatic rings. The van der Waals surface area contributed by atoms with Crippen LogP contribution in [0.25, 0.3) is 0 Å². The summed E-state index contributed by atoms with van der Waals surface area (Å²) in [4.78, 5) is 23.2. The van der Waals surface area contributed by atoms with Crippen molar-refractivity contribution < 1.29 is 9.72 Å². The Bertz CT molecular complexity index is 892. The number of hydrogen-bond donors (Lipinski definition) is 1. The first-order valence-electron chi connectivity index (χ1n) is 10.1. The Morgan fingerprint density at radius 2 is 2.07 bits per heavy atom. The fourth-order valence-corrected chi connectivity index (χ4v) is 4.57. The second-order valence-electron chi connectivity index (χ2n) is 7.43. The molecule has 0 aliphatic heterocycles. The maximum absolute atomic E-state index is 12.7. The van der Waals surface area contributed by atoms with Crippen LogP contribution < -0.4 is 5.32 Å². The number of benzene rings is 1. The van der Waals surface area contributed by atoms with Crippen LogP contribution >= 0.6 is 11.8 Å². The molecule has 1 fully saturated rings. The molecule has 2 aromatic rings. The summed E-state index contributed by atoms with van der Waals surface area (Å²) < 4.78 is 2.11. The first kappa shape index (κ1) is 21.3. The van der Waals surface area contributed by atoms with Crippen molar-refractivity contribution in [3.8, 4) is 0 Å². The molecule has 0 radical (unpaired) electrons. The number of nitro benzene ring substituents is 1. The quantitative estimate of drug-likeness (QED) is 0.398. The number of hydrogen-bond acceptors (Lipinski definition) is 6. The van der Waals surface area contributed by atoms with Gasteiger partial charge in [-0.25, -0.2) is 0 Å². The van der Waals surface area contributed by atoms with Gasteiger partial charge >= 0.3 is 0 Å². The molecule has 8 nitrogen and oxygen atoms in total. The van der Waals surface area contributed by atoms with Crippen LogP contribution in [0.2, 0.25) is 0 Å². The van der Waals surface area contributed by atoms with E-state index in [1.807, 2.05) is 6.92 Å². The summed E-state index contributed by atoms with van der Waals surface area (Å²) >= 11 is 1.37. The van der Waals surface area contributed by atoms with Gasteiger partial charge in [0, 0.05) is 24.6 Å². The standard InChI is InChI=1S/C20H27N5O3S/c1-4-24-18(15-8-6-5-7-9-15)22-23-20(24)29-14(3)19(26)21-17-12-16(25(27)28)11-10-13(17)2/h10-12,14-15H,4-9H2,1-3H3,(H,21,26)/t14-/m0/s1. The van der Waals surface area contributed by atoms with Crippen LogP contribution in [0.1, 0.15) is 63.3 Å². The second-order valence-corrected chi connectivity index (χ2v) is 8.73. The van der Waals surface area contributed by atoms with Crippen LogP contribution in [0.4, 0.5) is 11.4 Å². The second kappa shape index (κ2) is 9.39. The summed E-state index contributed by atoms with van der Waals surface area (Å²) in [7, 11) is 0. The summed E-state index contributed by atoms with van der Waals surface area (Å²) in [5, 5.41) is 22.9. The Hall–Kier alpha value is -2.42. The van der Waals surface area contributed by atoms with Gasteiger partial charge in [-0.2, -0.15) is 0 Å². The summed E-state index contributed by atoms with van der Waals surface area (Å²) in [6, 6.07) is 4.45. The lowest BCUT2D eigenvalue weighted by Crippen LogP contribution is -2.23. The molecule has 1 atom stereocenters. The van der Waals surface area contributed by atoms with Crippen LogP contribution in [0.3, 0.4) is 0 Å². The molecule has 0 unspecified atom stereocenters. The third kappa shape index (κ3) is 4.95. The monoisotopic (exact) mass is 417 g/mol. The zero-order valence-corrected chi connectivity index (χ0v) is 17.9. The molecule has 1 saturated carbocycles. The van der Waals surface area contributed by atoms with E-state index in [0.717, 1.165) is 35.9 Å². The Morgan fingerprint density at radius 3 is 2.72 bits per heavy atom. The number of non-ortho nitro benzene ring substituents is 1. The third-order valence-corrected chi connectivity index (χ3v) is 6.45. The van der Waals surface area contributed by atoms with Crippen LogP contribution in [0.15, 0.2) is 23.4 Å². The normalized spacial score (nSPS) is 15.8. The van der Waals surface area contributed by atoms with Gasteiger partial charge in [-0.1, -0.05) is 37.1 Å². The number of anilines is 1. The SMILES string of the molecule is CCn1c(S[C@@H](C)C(=O)Nc2cc([N+](=O)[O-])ccc2C)nnc1C1CCCCC1. The average molecular weight is 418 g/mol. The van der Waals surface area contributed by atoms with E-state index in [1.54, 1.807) is 13.0 Å². The zero-order chi connectivity index (χ0) is 21.0. The van der Waals surface area contributed by atoms with Gasteiger partial charge in [0.15, 0.2) is 5.16 Å². The van der Waals surface area contributed by atoms with Crippen molar-refractivity contribution in [3.63, 3.8) is 0 Å². The molecule has 0 saturated heterocycles. The highest BCUT2D eigenvalue weighted by Gasteiger charge is 2.25. The Labute approximate surface area is 174 Å². The largest absolute Gasteiger partial charge is 0.325 e. The maximum atomic E-state index is 12.7. The molecule has 1 aromatic heterocycles. The van der Waals surface area contributed by atoms with Gasteiger partial charge in [0.2, 0.25) is 5.91 Å². The number of carbonyl (C=O) groups is 1. The fourth-order valence-electron chi connectivity index (χ4n) is 3.65. The van der Waals surface area contributed by atoms with Crippen LogP contribution in [-0.2, 0) is 11.3 Å². The lowest BCUT2D eigenvalue weighted by molar-refractivity contribution is -0.384. The first-order chi connectivity index (χ1) is 13.9. The van der Waals surface area contributed by atoms with Crippen molar-refractivity contribution in [2.24, 2.45) is 0 Å². The van der Waals surface area contributed by atoms with E-state index in [4.69, 9.17) is 0 Å². The van der Waals surface area contributed by atoms with Gasteiger partial charge in [0.25, 0.3) is 5.69 Å². The third-order valence-electron chi connectivity index (χ3n) is 5.37. The van der Waals surface area contributed by atoms with Crippen molar-refractivity contribution in [3.05, 3.63) is 39.7 Å². The molecule has 1 N–H and O–H groups in total. The van der Waals surface area contributed by atoms with Crippen LogP contribution in [0, 0.1) is 17.0 Å². The van der Waals surface area contributed by atoms with Gasteiger partial charge in [-0.3, -0.25) is 14.9 Å². The van der Waals surface area contributed by atoms with E-state index in [1.165, 1.54) is 43.2 Å². The number of thioether (sulfide) groups is 1. The van der Waals surface area contributed by atoms with Gasteiger partial charge in [0.1, 0.15) is 5.82 Å². The summed E-state index contributed by atoms with van der Waals surface area (Å²) in [5.41, 5.74) is 1.18. The highest BCUT2D eigenvalue weighted by atomic mass is 32.2. The number of carbonyl (C=O) groups excluding carboxylic acids is 1. The average Bonchev–Trinajstić information content (AvgIpc) is 3.12. The Morgan fingerprint density at radius 1 is 1.34 bits per heavy atom. The van der Waals surface area contributed by atoms with Gasteiger partial charge < -0.3 is 9.88 Å². The molecule has 1 aromatic carbocycles. The first-order valence-corrected chi connectivity index (χ1v) is 10.9. The smallest absolute Gasteiger partial charge is 0.271 e. The van der Waals surface area contributed by atoms with E-state index < -0.39 is 10.2 Å². The number of amides is 1. The van der Waals surface area contributed by atoms with Crippen LogP contribution in [0.5, 0.6) is 0 Å². The van der Waals surface area contributed by atoms with Crippen molar-refractivity contribution in [2.45, 2.75) is 75.7 Å². The molecule has 9 heteroatoms. The number of rotatable bonds is 7. The molecule has 0 spiro atoms. The van der Waals surface area contributed by atoms with Crippen molar-refractivity contribution in [1.29, 1.82) is 0 Å². The topological polar surface area (TPSA) is 103 Å². The molecular formula is C20H27N5O3S. The fraction of sp³-hybridized carbons (Fsp3) is 0.550. The van der Waals surface area contributed by atoms with Gasteiger partial charge in [0.05, 0.1) is 15.9 Å². The zero-order valence-electron chi connectivity index (χ0n) is 17.1. The summed E-state index contributed by atoms with van der Waals surface area (Å²) in [6.07, 6.45) is 6.03. The minimum atomic E-state index is -0.468. The van der Waals surface area contributed by atoms with E-state index in [0.29, 0.717) is 11.6 Å². The lowest BCUT2D eigenvalue weighted by Gasteiger charge is -2.21. The number of aryl methyl sites for hydroxylation is 1. The molecule has 156 valence electrons. The van der Waals surface area contributed by atoms with E-state index >= 15 is 0 Å². The van der Waals surface area contributed by atoms with Gasteiger partial charge in [-0.15, -0.1) is 10.2 Å². The Kier molecular flexibility index (Phi) is 6.89. The van der Waals surface area contributed by atoms with E-state index in [9.17, 15) is 14.9 Å². The highest BCUT2D eigenvalue weighted by Crippen LogP contribution is 2.34. The van der Waals surface area contributed by atoms with E-state index in [-0.39, 0.29) is 11.6 Å². The molecule has 1 heterocycles.